The second kappa shape index (κ2) is 7.67. The molecule has 1 aliphatic rings. The lowest BCUT2D eigenvalue weighted by Gasteiger charge is -2.22. The fourth-order valence-corrected chi connectivity index (χ4v) is 3.91. The van der Waals surface area contributed by atoms with Crippen molar-refractivity contribution in [3.63, 3.8) is 0 Å². The van der Waals surface area contributed by atoms with Crippen LogP contribution in [0.25, 0.3) is 22.1 Å². The van der Waals surface area contributed by atoms with Crippen molar-refractivity contribution in [2.75, 3.05) is 26.8 Å². The molecule has 148 valence electrons. The zero-order chi connectivity index (χ0) is 19.8. The maximum atomic E-state index is 12.5. The molecule has 7 nitrogen and oxygen atoms in total. The smallest absolute Gasteiger partial charge is 0.294 e. The molecule has 0 saturated carbocycles. The average Bonchev–Trinajstić information content (AvgIpc) is 3.33. The molecule has 1 saturated heterocycles. The zero-order valence-electron chi connectivity index (χ0n) is 15.8. The van der Waals surface area contributed by atoms with Crippen molar-refractivity contribution in [2.45, 2.75) is 25.7 Å². The molecular weight excluding hydrogens is 426 g/mol. The van der Waals surface area contributed by atoms with Gasteiger partial charge >= 0.3 is 0 Å². The fraction of sp³-hybridized carbons (Fsp3) is 0.450. The molecule has 0 spiro atoms. The summed E-state index contributed by atoms with van der Waals surface area (Å²) in [5.74, 6) is 0.673. The van der Waals surface area contributed by atoms with Crippen LogP contribution in [0.3, 0.4) is 0 Å². The van der Waals surface area contributed by atoms with E-state index >= 15 is 0 Å². The summed E-state index contributed by atoms with van der Waals surface area (Å²) in [6, 6.07) is 5.58. The van der Waals surface area contributed by atoms with Crippen molar-refractivity contribution in [1.29, 1.82) is 0 Å². The number of aromatic nitrogens is 2. The van der Waals surface area contributed by atoms with Crippen LogP contribution in [0, 0.1) is 5.92 Å². The minimum Gasteiger partial charge on any atom is -0.449 e. The second-order valence-electron chi connectivity index (χ2n) is 7.38. The van der Waals surface area contributed by atoms with Crippen molar-refractivity contribution >= 4 is 43.9 Å². The summed E-state index contributed by atoms with van der Waals surface area (Å²) in [5.41, 5.74) is 1.14. The molecule has 28 heavy (non-hydrogen) atoms. The molecule has 1 aliphatic heterocycles. The van der Waals surface area contributed by atoms with Crippen LogP contribution in [-0.2, 0) is 9.53 Å². The van der Waals surface area contributed by atoms with E-state index in [0.717, 1.165) is 16.3 Å². The molecule has 0 bridgehead atoms. The van der Waals surface area contributed by atoms with Crippen molar-refractivity contribution in [1.82, 2.24) is 14.9 Å². The van der Waals surface area contributed by atoms with Crippen LogP contribution < -0.4 is 5.56 Å². The Bertz CT molecular complexity index is 1080. The number of rotatable bonds is 5. The first kappa shape index (κ1) is 19.1. The predicted octanol–water partition coefficient (Wildman–Crippen LogP) is 3.42. The number of carbonyl (C=O) groups is 1. The Morgan fingerprint density at radius 3 is 3.04 bits per heavy atom. The van der Waals surface area contributed by atoms with Gasteiger partial charge in [-0.3, -0.25) is 9.59 Å². The highest BCUT2D eigenvalue weighted by Crippen LogP contribution is 2.29. The SMILES string of the molecule is CC(CCN(C)C(=O)C1CCOC1)c1nc2c(oc3ccc(Br)cc32)c(=O)[nH]1. The minimum atomic E-state index is -0.285. The Morgan fingerprint density at radius 2 is 2.29 bits per heavy atom. The number of benzene rings is 1. The molecule has 8 heteroatoms. The summed E-state index contributed by atoms with van der Waals surface area (Å²) in [6.45, 7) is 3.75. The monoisotopic (exact) mass is 447 g/mol. The van der Waals surface area contributed by atoms with Crippen LogP contribution in [0.4, 0.5) is 0 Å². The van der Waals surface area contributed by atoms with Crippen LogP contribution in [0.2, 0.25) is 0 Å². The van der Waals surface area contributed by atoms with E-state index in [2.05, 4.69) is 25.9 Å². The van der Waals surface area contributed by atoms with Gasteiger partial charge in [0, 0.05) is 36.0 Å². The molecule has 0 aliphatic carbocycles. The molecule has 3 heterocycles. The van der Waals surface area contributed by atoms with Gasteiger partial charge in [0.1, 0.15) is 16.9 Å². The number of nitrogens with zero attached hydrogens (tertiary/aromatic N) is 2. The summed E-state index contributed by atoms with van der Waals surface area (Å²) in [5, 5.41) is 0.803. The van der Waals surface area contributed by atoms with Crippen molar-refractivity contribution in [3.05, 3.63) is 38.9 Å². The summed E-state index contributed by atoms with van der Waals surface area (Å²) < 4.78 is 11.9. The van der Waals surface area contributed by atoms with E-state index in [9.17, 15) is 9.59 Å². The highest BCUT2D eigenvalue weighted by atomic mass is 79.9. The molecule has 2 aromatic heterocycles. The molecule has 1 N–H and O–H groups in total. The quantitative estimate of drug-likeness (QED) is 0.646. The lowest BCUT2D eigenvalue weighted by atomic mass is 10.0. The normalized spacial score (nSPS) is 18.0. The number of halogens is 1. The standard InChI is InChI=1S/C20H22BrN3O4/c1-11(5-7-24(2)20(26)12-6-8-27-10-12)18-22-16-14-9-13(21)3-4-15(14)28-17(16)19(25)23-18/h3-4,9,11-12H,5-8,10H2,1-2H3,(H,22,23,25). The van der Waals surface area contributed by atoms with Crippen LogP contribution >= 0.6 is 15.9 Å². The Kier molecular flexibility index (Phi) is 5.25. The van der Waals surface area contributed by atoms with E-state index in [4.69, 9.17) is 9.15 Å². The van der Waals surface area contributed by atoms with Gasteiger partial charge in [0.25, 0.3) is 5.56 Å². The van der Waals surface area contributed by atoms with Gasteiger partial charge in [0.05, 0.1) is 12.5 Å². The van der Waals surface area contributed by atoms with Gasteiger partial charge in [-0.1, -0.05) is 22.9 Å². The number of furan rings is 1. The molecule has 4 rings (SSSR count). The third kappa shape index (κ3) is 3.58. The lowest BCUT2D eigenvalue weighted by molar-refractivity contribution is -0.134. The van der Waals surface area contributed by atoms with Gasteiger partial charge in [-0.05, 0) is 31.0 Å². The molecule has 1 amide bonds. The topological polar surface area (TPSA) is 88.4 Å². The van der Waals surface area contributed by atoms with Crippen LogP contribution in [-0.4, -0.2) is 47.6 Å². The Morgan fingerprint density at radius 1 is 1.46 bits per heavy atom. The lowest BCUT2D eigenvalue weighted by Crippen LogP contribution is -2.34. The Labute approximate surface area is 170 Å². The second-order valence-corrected chi connectivity index (χ2v) is 8.30. The molecule has 1 fully saturated rings. The number of nitrogens with one attached hydrogen (secondary N) is 1. The number of aromatic amines is 1. The molecule has 0 radical (unpaired) electrons. The third-order valence-corrected chi connectivity index (χ3v) is 5.82. The average molecular weight is 448 g/mol. The predicted molar refractivity (Wildman–Crippen MR) is 109 cm³/mol. The summed E-state index contributed by atoms with van der Waals surface area (Å²) in [6.07, 6.45) is 1.48. The van der Waals surface area contributed by atoms with E-state index in [1.165, 1.54) is 0 Å². The van der Waals surface area contributed by atoms with Gasteiger partial charge in [0.15, 0.2) is 0 Å². The maximum absolute atomic E-state index is 12.5. The maximum Gasteiger partial charge on any atom is 0.294 e. The van der Waals surface area contributed by atoms with E-state index in [1.54, 1.807) is 4.90 Å². The fourth-order valence-electron chi connectivity index (χ4n) is 3.55. The van der Waals surface area contributed by atoms with E-state index in [-0.39, 0.29) is 28.9 Å². The third-order valence-electron chi connectivity index (χ3n) is 5.32. The van der Waals surface area contributed by atoms with Crippen LogP contribution in [0.15, 0.2) is 31.9 Å². The summed E-state index contributed by atoms with van der Waals surface area (Å²) in [4.78, 5) is 34.2. The van der Waals surface area contributed by atoms with Gasteiger partial charge in [0.2, 0.25) is 11.5 Å². The summed E-state index contributed by atoms with van der Waals surface area (Å²) >= 11 is 3.45. The van der Waals surface area contributed by atoms with E-state index in [1.807, 2.05) is 32.2 Å². The number of fused-ring (bicyclic) bond motifs is 3. The van der Waals surface area contributed by atoms with E-state index in [0.29, 0.717) is 43.1 Å². The number of hydrogen-bond donors (Lipinski definition) is 1. The van der Waals surface area contributed by atoms with Gasteiger partial charge in [-0.2, -0.15) is 0 Å². The minimum absolute atomic E-state index is 0.00993. The molecule has 2 unspecified atom stereocenters. The van der Waals surface area contributed by atoms with Crippen molar-refractivity contribution < 1.29 is 13.9 Å². The number of H-pyrrole nitrogens is 1. The van der Waals surface area contributed by atoms with Gasteiger partial charge in [-0.15, -0.1) is 0 Å². The molecule has 2 atom stereocenters. The first-order valence-electron chi connectivity index (χ1n) is 9.38. The highest BCUT2D eigenvalue weighted by Gasteiger charge is 2.26. The molecule has 3 aromatic rings. The van der Waals surface area contributed by atoms with Crippen LogP contribution in [0.5, 0.6) is 0 Å². The first-order valence-corrected chi connectivity index (χ1v) is 10.2. The number of hydrogen-bond acceptors (Lipinski definition) is 5. The van der Waals surface area contributed by atoms with E-state index < -0.39 is 0 Å². The highest BCUT2D eigenvalue weighted by molar-refractivity contribution is 9.10. The zero-order valence-corrected chi connectivity index (χ0v) is 17.4. The van der Waals surface area contributed by atoms with Gasteiger partial charge < -0.3 is 19.0 Å². The number of amides is 1. The molecule has 1 aromatic carbocycles. The first-order chi connectivity index (χ1) is 13.4. The Hall–Kier alpha value is -2.19. The van der Waals surface area contributed by atoms with Crippen LogP contribution in [0.1, 0.15) is 31.5 Å². The van der Waals surface area contributed by atoms with Gasteiger partial charge in [-0.25, -0.2) is 4.98 Å². The van der Waals surface area contributed by atoms with Crippen molar-refractivity contribution in [2.24, 2.45) is 5.92 Å². The molecular formula is C20H22BrN3O4. The Balaban J connectivity index is 1.54. The van der Waals surface area contributed by atoms with Crippen molar-refractivity contribution in [3.8, 4) is 0 Å². The number of ether oxygens (including phenoxy) is 1. The largest absolute Gasteiger partial charge is 0.449 e. The summed E-state index contributed by atoms with van der Waals surface area (Å²) in [7, 11) is 1.81. The number of carbonyl (C=O) groups excluding carboxylic acids is 1.